The van der Waals surface area contributed by atoms with Crippen LogP contribution in [0.5, 0.6) is 0 Å². The van der Waals surface area contributed by atoms with E-state index in [2.05, 4.69) is 15.0 Å². The Morgan fingerprint density at radius 2 is 1.77 bits per heavy atom. The van der Waals surface area contributed by atoms with Crippen LogP contribution in [-0.2, 0) is 11.3 Å². The molecule has 1 aromatic carbocycles. The molecule has 0 fully saturated rings. The Kier molecular flexibility index (Phi) is 3.42. The summed E-state index contributed by atoms with van der Waals surface area (Å²) in [5.74, 6) is -1.24. The van der Waals surface area contributed by atoms with Crippen molar-refractivity contribution in [2.45, 2.75) is 6.54 Å². The second kappa shape index (κ2) is 5.40. The van der Waals surface area contributed by atoms with Gasteiger partial charge in [-0.15, -0.1) is 5.10 Å². The van der Waals surface area contributed by atoms with Gasteiger partial charge in [0.05, 0.1) is 31.0 Å². The number of imide groups is 1. The Hall–Kier alpha value is -3.03. The summed E-state index contributed by atoms with van der Waals surface area (Å²) < 4.78 is 5.92. The Morgan fingerprint density at radius 1 is 1.14 bits per heavy atom. The normalized spacial score (nSPS) is 13.4. The number of ether oxygens (including phenoxy) is 1. The van der Waals surface area contributed by atoms with Gasteiger partial charge in [0, 0.05) is 6.54 Å². The molecule has 2 aromatic rings. The quantitative estimate of drug-likeness (QED) is 0.598. The molecule has 0 saturated heterocycles. The predicted octanol–water partition coefficient (Wildman–Crippen LogP) is 0.361. The van der Waals surface area contributed by atoms with Crippen LogP contribution in [0.3, 0.4) is 0 Å². The molecule has 0 atom stereocenters. The van der Waals surface area contributed by atoms with Crippen LogP contribution >= 0.6 is 0 Å². The average molecular weight is 300 g/mol. The number of hydrogen-bond acceptors (Lipinski definition) is 6. The molecule has 0 saturated carbocycles. The minimum Gasteiger partial charge on any atom is -0.464 e. The van der Waals surface area contributed by atoms with Crippen molar-refractivity contribution in [1.29, 1.82) is 0 Å². The number of nitrogens with zero attached hydrogens (tertiary/aromatic N) is 4. The first kappa shape index (κ1) is 13.9. The molecule has 2 amide bonds. The van der Waals surface area contributed by atoms with Crippen LogP contribution in [0.15, 0.2) is 30.5 Å². The van der Waals surface area contributed by atoms with Crippen molar-refractivity contribution in [3.8, 4) is 0 Å². The number of fused-ring (bicyclic) bond motifs is 1. The number of aromatic nitrogens is 3. The van der Waals surface area contributed by atoms with Gasteiger partial charge in [-0.1, -0.05) is 17.3 Å². The van der Waals surface area contributed by atoms with E-state index in [9.17, 15) is 14.4 Å². The third-order valence-electron chi connectivity index (χ3n) is 3.36. The molecule has 22 heavy (non-hydrogen) atoms. The lowest BCUT2D eigenvalue weighted by atomic mass is 10.1. The van der Waals surface area contributed by atoms with Gasteiger partial charge in [0.2, 0.25) is 0 Å². The number of rotatable bonds is 4. The fourth-order valence-electron chi connectivity index (χ4n) is 2.25. The van der Waals surface area contributed by atoms with Crippen LogP contribution < -0.4 is 0 Å². The molecule has 8 heteroatoms. The highest BCUT2D eigenvalue weighted by Crippen LogP contribution is 2.22. The smallest absolute Gasteiger partial charge is 0.360 e. The summed E-state index contributed by atoms with van der Waals surface area (Å²) in [6.45, 7) is 0.395. The van der Waals surface area contributed by atoms with Crippen molar-refractivity contribution in [3.63, 3.8) is 0 Å². The van der Waals surface area contributed by atoms with E-state index in [0.717, 1.165) is 4.90 Å². The summed E-state index contributed by atoms with van der Waals surface area (Å²) in [6, 6.07) is 6.68. The van der Waals surface area contributed by atoms with Crippen molar-refractivity contribution < 1.29 is 19.1 Å². The molecule has 0 unspecified atom stereocenters. The molecule has 1 aliphatic heterocycles. The molecule has 8 nitrogen and oxygen atoms in total. The predicted molar refractivity (Wildman–Crippen MR) is 73.2 cm³/mol. The molecule has 0 aliphatic carbocycles. The van der Waals surface area contributed by atoms with E-state index >= 15 is 0 Å². The zero-order valence-electron chi connectivity index (χ0n) is 11.7. The molecule has 112 valence electrons. The Labute approximate surface area is 125 Å². The van der Waals surface area contributed by atoms with E-state index in [1.165, 1.54) is 18.0 Å². The van der Waals surface area contributed by atoms with E-state index in [0.29, 0.717) is 11.1 Å². The number of methoxy groups -OCH3 is 1. The maximum atomic E-state index is 12.2. The van der Waals surface area contributed by atoms with Gasteiger partial charge < -0.3 is 4.74 Å². The lowest BCUT2D eigenvalue weighted by Gasteiger charge is -2.13. The highest BCUT2D eigenvalue weighted by atomic mass is 16.5. The molecular weight excluding hydrogens is 288 g/mol. The van der Waals surface area contributed by atoms with Crippen LogP contribution in [0, 0.1) is 0 Å². The van der Waals surface area contributed by atoms with Gasteiger partial charge in [0.15, 0.2) is 5.69 Å². The maximum Gasteiger partial charge on any atom is 0.360 e. The molecule has 0 bridgehead atoms. The van der Waals surface area contributed by atoms with Crippen LogP contribution in [0.4, 0.5) is 0 Å². The third kappa shape index (κ3) is 2.24. The summed E-state index contributed by atoms with van der Waals surface area (Å²) >= 11 is 0. The Balaban J connectivity index is 1.70. The van der Waals surface area contributed by atoms with Crippen molar-refractivity contribution in [2.24, 2.45) is 0 Å². The largest absolute Gasteiger partial charge is 0.464 e. The van der Waals surface area contributed by atoms with E-state index in [4.69, 9.17) is 0 Å². The lowest BCUT2D eigenvalue weighted by Crippen LogP contribution is -2.33. The molecule has 1 aliphatic rings. The monoisotopic (exact) mass is 300 g/mol. The first-order valence-electron chi connectivity index (χ1n) is 6.55. The fourth-order valence-corrected chi connectivity index (χ4v) is 2.25. The van der Waals surface area contributed by atoms with E-state index in [1.54, 1.807) is 24.3 Å². The van der Waals surface area contributed by atoms with E-state index in [1.807, 2.05) is 0 Å². The van der Waals surface area contributed by atoms with Crippen LogP contribution in [0.25, 0.3) is 0 Å². The first-order chi connectivity index (χ1) is 10.6. The minimum atomic E-state index is -0.591. The van der Waals surface area contributed by atoms with Crippen LogP contribution in [-0.4, -0.2) is 51.3 Å². The highest BCUT2D eigenvalue weighted by Gasteiger charge is 2.34. The second-order valence-electron chi connectivity index (χ2n) is 4.67. The van der Waals surface area contributed by atoms with E-state index < -0.39 is 5.97 Å². The number of carbonyl (C=O) groups excluding carboxylic acids is 3. The number of esters is 1. The van der Waals surface area contributed by atoms with Crippen molar-refractivity contribution in [2.75, 3.05) is 13.7 Å². The van der Waals surface area contributed by atoms with Gasteiger partial charge in [0.1, 0.15) is 0 Å². The van der Waals surface area contributed by atoms with Crippen LogP contribution in [0.1, 0.15) is 31.2 Å². The standard InChI is InChI=1S/C14H12N4O4/c1-22-14(21)11-8-17(16-15-11)6-7-18-12(19)9-4-2-3-5-10(9)13(18)20/h2-5,8H,6-7H2,1H3. The molecule has 0 radical (unpaired) electrons. The molecule has 0 N–H and O–H groups in total. The summed E-state index contributed by atoms with van der Waals surface area (Å²) in [5.41, 5.74) is 0.882. The number of amides is 2. The molecule has 0 spiro atoms. The molecular formula is C14H12N4O4. The summed E-state index contributed by atoms with van der Waals surface area (Å²) in [4.78, 5) is 36.8. The molecule has 2 heterocycles. The SMILES string of the molecule is COC(=O)c1cn(CCN2C(=O)c3ccccc3C2=O)nn1. The summed E-state index contributed by atoms with van der Waals surface area (Å²) in [5, 5.41) is 7.42. The zero-order chi connectivity index (χ0) is 15.7. The second-order valence-corrected chi connectivity index (χ2v) is 4.67. The van der Waals surface area contributed by atoms with Crippen LogP contribution in [0.2, 0.25) is 0 Å². The molecule has 3 rings (SSSR count). The van der Waals surface area contributed by atoms with E-state index in [-0.39, 0.29) is 30.6 Å². The number of carbonyl (C=O) groups is 3. The van der Waals surface area contributed by atoms with Gasteiger partial charge in [-0.05, 0) is 12.1 Å². The van der Waals surface area contributed by atoms with Crippen molar-refractivity contribution in [3.05, 3.63) is 47.3 Å². The van der Waals surface area contributed by atoms with Gasteiger partial charge >= 0.3 is 5.97 Å². The van der Waals surface area contributed by atoms with Crippen molar-refractivity contribution >= 4 is 17.8 Å². The maximum absolute atomic E-state index is 12.2. The van der Waals surface area contributed by atoms with Crippen molar-refractivity contribution in [1.82, 2.24) is 19.9 Å². The molecule has 1 aromatic heterocycles. The highest BCUT2D eigenvalue weighted by molar-refractivity contribution is 6.21. The van der Waals surface area contributed by atoms with Gasteiger partial charge in [-0.2, -0.15) is 0 Å². The lowest BCUT2D eigenvalue weighted by molar-refractivity contribution is 0.0590. The number of benzene rings is 1. The Bertz CT molecular complexity index is 733. The first-order valence-corrected chi connectivity index (χ1v) is 6.55. The fraction of sp³-hybridized carbons (Fsp3) is 0.214. The zero-order valence-corrected chi connectivity index (χ0v) is 11.7. The topological polar surface area (TPSA) is 94.4 Å². The number of hydrogen-bond donors (Lipinski definition) is 0. The minimum absolute atomic E-state index is 0.0739. The third-order valence-corrected chi connectivity index (χ3v) is 3.36. The van der Waals surface area contributed by atoms with Gasteiger partial charge in [-0.3, -0.25) is 14.5 Å². The van der Waals surface area contributed by atoms with Gasteiger partial charge in [0.25, 0.3) is 11.8 Å². The average Bonchev–Trinajstić information content (AvgIpc) is 3.10. The Morgan fingerprint density at radius 3 is 2.36 bits per heavy atom. The van der Waals surface area contributed by atoms with Gasteiger partial charge in [-0.25, -0.2) is 9.48 Å². The summed E-state index contributed by atoms with van der Waals surface area (Å²) in [6.07, 6.45) is 1.41. The summed E-state index contributed by atoms with van der Waals surface area (Å²) in [7, 11) is 1.25.